The molecule has 3 heterocycles. The number of amides is 2. The summed E-state index contributed by atoms with van der Waals surface area (Å²) in [5, 5.41) is 0.608. The number of halogens is 1. The first kappa shape index (κ1) is 25.4. The molecule has 1 fully saturated rings. The molecule has 5 rings (SSSR count). The summed E-state index contributed by atoms with van der Waals surface area (Å²) in [5.74, 6) is 0.0692. The van der Waals surface area contributed by atoms with Crippen LogP contribution in [-0.4, -0.2) is 51.8 Å². The molecule has 2 aliphatic rings. The highest BCUT2D eigenvalue weighted by Gasteiger charge is 2.36. The number of para-hydroxylation sites is 1. The summed E-state index contributed by atoms with van der Waals surface area (Å²) in [6, 6.07) is 20.2. The Labute approximate surface area is 223 Å². The largest absolute Gasteiger partial charge is 0.336 e. The van der Waals surface area contributed by atoms with Crippen molar-refractivity contribution in [3.8, 4) is 0 Å². The molecule has 2 aliphatic heterocycles. The Balaban J connectivity index is 1.50. The van der Waals surface area contributed by atoms with E-state index in [0.717, 1.165) is 42.6 Å². The van der Waals surface area contributed by atoms with Gasteiger partial charge in [0.25, 0.3) is 0 Å². The number of anilines is 1. The van der Waals surface area contributed by atoms with Crippen molar-refractivity contribution in [3.05, 3.63) is 94.8 Å². The maximum Gasteiger partial charge on any atom is 0.227 e. The molecule has 0 aliphatic carbocycles. The number of rotatable bonds is 4. The zero-order valence-corrected chi connectivity index (χ0v) is 22.0. The second-order valence-electron chi connectivity index (χ2n) is 10.0. The van der Waals surface area contributed by atoms with Crippen molar-refractivity contribution in [1.82, 2.24) is 14.8 Å². The van der Waals surface area contributed by atoms with Gasteiger partial charge in [0.15, 0.2) is 0 Å². The molecule has 2 amide bonds. The van der Waals surface area contributed by atoms with Gasteiger partial charge in [0.2, 0.25) is 11.8 Å². The molecule has 192 valence electrons. The molecule has 0 radical (unpaired) electrons. The lowest BCUT2D eigenvalue weighted by Crippen LogP contribution is -2.45. The van der Waals surface area contributed by atoms with E-state index in [4.69, 9.17) is 11.6 Å². The Hall–Kier alpha value is -3.22. The van der Waals surface area contributed by atoms with E-state index in [9.17, 15) is 9.59 Å². The first-order valence-electron chi connectivity index (χ1n) is 13.0. The SMILES string of the molecule is CC(=O)N1CCC2CCC(CN(C(=O)Cc3ccccc3Cl)Cc3ccccc31)N2Cc1ccncc1. The van der Waals surface area contributed by atoms with Crippen molar-refractivity contribution in [2.75, 3.05) is 18.0 Å². The Morgan fingerprint density at radius 2 is 1.68 bits per heavy atom. The number of carbonyl (C=O) groups is 2. The Morgan fingerprint density at radius 1 is 0.946 bits per heavy atom. The van der Waals surface area contributed by atoms with E-state index in [2.05, 4.69) is 22.0 Å². The van der Waals surface area contributed by atoms with Gasteiger partial charge in [-0.15, -0.1) is 0 Å². The quantitative estimate of drug-likeness (QED) is 0.484. The highest BCUT2D eigenvalue weighted by molar-refractivity contribution is 6.31. The number of benzene rings is 2. The van der Waals surface area contributed by atoms with Crippen LogP contribution < -0.4 is 4.90 Å². The van der Waals surface area contributed by atoms with Crippen LogP contribution in [0.5, 0.6) is 0 Å². The maximum atomic E-state index is 13.8. The van der Waals surface area contributed by atoms with Gasteiger partial charge in [0.05, 0.1) is 6.42 Å². The van der Waals surface area contributed by atoms with E-state index in [0.29, 0.717) is 30.7 Å². The van der Waals surface area contributed by atoms with E-state index in [1.165, 1.54) is 5.56 Å². The summed E-state index contributed by atoms with van der Waals surface area (Å²) in [6.45, 7) is 4.18. The number of hydrogen-bond acceptors (Lipinski definition) is 4. The molecule has 1 saturated heterocycles. The lowest BCUT2D eigenvalue weighted by atomic mass is 10.1. The van der Waals surface area contributed by atoms with Gasteiger partial charge >= 0.3 is 0 Å². The number of nitrogens with zero attached hydrogens (tertiary/aromatic N) is 4. The third-order valence-corrected chi connectivity index (χ3v) is 8.05. The summed E-state index contributed by atoms with van der Waals surface area (Å²) < 4.78 is 0. The molecule has 3 aromatic rings. The van der Waals surface area contributed by atoms with E-state index < -0.39 is 0 Å². The molecule has 2 unspecified atom stereocenters. The van der Waals surface area contributed by atoms with Crippen LogP contribution in [-0.2, 0) is 29.1 Å². The fourth-order valence-electron chi connectivity index (χ4n) is 5.74. The summed E-state index contributed by atoms with van der Waals surface area (Å²) in [6.07, 6.45) is 6.87. The summed E-state index contributed by atoms with van der Waals surface area (Å²) >= 11 is 6.42. The average molecular weight is 517 g/mol. The lowest BCUT2D eigenvalue weighted by molar-refractivity contribution is -0.132. The predicted molar refractivity (Wildman–Crippen MR) is 146 cm³/mol. The molecule has 2 atom stereocenters. The highest BCUT2D eigenvalue weighted by Crippen LogP contribution is 2.33. The van der Waals surface area contributed by atoms with E-state index in [-0.39, 0.29) is 24.3 Å². The van der Waals surface area contributed by atoms with Crippen molar-refractivity contribution >= 4 is 29.1 Å². The maximum absolute atomic E-state index is 13.8. The minimum absolute atomic E-state index is 0.0240. The van der Waals surface area contributed by atoms with Crippen molar-refractivity contribution < 1.29 is 9.59 Å². The summed E-state index contributed by atoms with van der Waals surface area (Å²) in [5.41, 5.74) is 3.93. The van der Waals surface area contributed by atoms with Gasteiger partial charge in [-0.05, 0) is 60.2 Å². The van der Waals surface area contributed by atoms with Gasteiger partial charge in [-0.25, -0.2) is 0 Å². The highest BCUT2D eigenvalue weighted by atomic mass is 35.5. The average Bonchev–Trinajstić information content (AvgIpc) is 3.25. The van der Waals surface area contributed by atoms with E-state index in [1.807, 2.05) is 70.7 Å². The molecular weight excluding hydrogens is 484 g/mol. The van der Waals surface area contributed by atoms with Crippen LogP contribution in [0, 0.1) is 0 Å². The summed E-state index contributed by atoms with van der Waals surface area (Å²) in [7, 11) is 0. The second-order valence-corrected chi connectivity index (χ2v) is 10.5. The second kappa shape index (κ2) is 11.4. The molecule has 1 aromatic heterocycles. The van der Waals surface area contributed by atoms with Gasteiger partial charge in [-0.1, -0.05) is 48.0 Å². The zero-order chi connectivity index (χ0) is 25.8. The zero-order valence-electron chi connectivity index (χ0n) is 21.2. The van der Waals surface area contributed by atoms with Gasteiger partial charge < -0.3 is 9.80 Å². The van der Waals surface area contributed by atoms with Crippen molar-refractivity contribution in [3.63, 3.8) is 0 Å². The number of carbonyl (C=O) groups excluding carboxylic acids is 2. The minimum Gasteiger partial charge on any atom is -0.336 e. The number of hydrogen-bond donors (Lipinski definition) is 0. The van der Waals surface area contributed by atoms with Crippen LogP contribution >= 0.6 is 11.6 Å². The van der Waals surface area contributed by atoms with Crippen LogP contribution in [0.3, 0.4) is 0 Å². The third-order valence-electron chi connectivity index (χ3n) is 7.68. The molecular formula is C30H33ClN4O2. The molecule has 0 saturated carbocycles. The smallest absolute Gasteiger partial charge is 0.227 e. The molecule has 37 heavy (non-hydrogen) atoms. The number of fused-ring (bicyclic) bond motifs is 3. The fourth-order valence-corrected chi connectivity index (χ4v) is 5.95. The van der Waals surface area contributed by atoms with Crippen LogP contribution in [0.25, 0.3) is 0 Å². The topological polar surface area (TPSA) is 56.8 Å². The number of pyridine rings is 1. The van der Waals surface area contributed by atoms with Gasteiger partial charge in [0, 0.05) is 68.3 Å². The predicted octanol–water partition coefficient (Wildman–Crippen LogP) is 5.10. The van der Waals surface area contributed by atoms with E-state index >= 15 is 0 Å². The van der Waals surface area contributed by atoms with Crippen LogP contribution in [0.1, 0.15) is 42.9 Å². The Morgan fingerprint density at radius 3 is 2.46 bits per heavy atom. The first-order chi connectivity index (χ1) is 18.0. The van der Waals surface area contributed by atoms with Crippen LogP contribution in [0.4, 0.5) is 5.69 Å². The molecule has 0 spiro atoms. The molecule has 0 N–H and O–H groups in total. The molecule has 6 nitrogen and oxygen atoms in total. The van der Waals surface area contributed by atoms with Gasteiger partial charge in [-0.3, -0.25) is 19.5 Å². The Kier molecular flexibility index (Phi) is 7.87. The Bertz CT molecular complexity index is 1250. The molecule has 7 heteroatoms. The normalized spacial score (nSPS) is 20.3. The van der Waals surface area contributed by atoms with E-state index in [1.54, 1.807) is 6.92 Å². The van der Waals surface area contributed by atoms with Gasteiger partial charge in [0.1, 0.15) is 0 Å². The van der Waals surface area contributed by atoms with Crippen molar-refractivity contribution in [2.24, 2.45) is 0 Å². The minimum atomic E-state index is 0.0240. The summed E-state index contributed by atoms with van der Waals surface area (Å²) in [4.78, 5) is 37.2. The third kappa shape index (κ3) is 5.86. The lowest BCUT2D eigenvalue weighted by Gasteiger charge is -2.34. The molecule has 2 bridgehead atoms. The standard InChI is InChI=1S/C30H33ClN4O2/c1-22(36)34-17-14-26-10-11-27(35(26)19-23-12-15-32-16-13-23)21-33(20-25-7-3-5-9-29(25)34)30(37)18-24-6-2-4-8-28(24)31/h2-9,12-13,15-16,26-27H,10-11,14,17-21H2,1H3. The molecule has 2 aromatic carbocycles. The first-order valence-corrected chi connectivity index (χ1v) is 13.4. The monoisotopic (exact) mass is 516 g/mol. The van der Waals surface area contributed by atoms with Gasteiger partial charge in [-0.2, -0.15) is 0 Å². The van der Waals surface area contributed by atoms with Crippen LogP contribution in [0.15, 0.2) is 73.1 Å². The van der Waals surface area contributed by atoms with Crippen LogP contribution in [0.2, 0.25) is 5.02 Å². The van der Waals surface area contributed by atoms with Crippen molar-refractivity contribution in [2.45, 2.75) is 57.8 Å². The fraction of sp³-hybridized carbons (Fsp3) is 0.367. The number of aromatic nitrogens is 1. The van der Waals surface area contributed by atoms with Crippen molar-refractivity contribution in [1.29, 1.82) is 0 Å².